The van der Waals surface area contributed by atoms with E-state index < -0.39 is 0 Å². The van der Waals surface area contributed by atoms with Gasteiger partial charge in [-0.1, -0.05) is 107 Å². The standard InChI is InChI=1S/C34H25Br/c35-28-17-18-31-32(21-28)34(27-16-14-23-8-2-4-10-25(23)20-27)30-12-6-5-11-29(30)33(31)26-15-13-22-7-1-3-9-24(22)19-26/h1-2,5-8,11-21H,3-4,9-10H2. The van der Waals surface area contributed by atoms with E-state index in [-0.39, 0.29) is 0 Å². The van der Waals surface area contributed by atoms with Gasteiger partial charge >= 0.3 is 0 Å². The molecule has 0 radical (unpaired) electrons. The summed E-state index contributed by atoms with van der Waals surface area (Å²) in [6.07, 6.45) is 13.6. The van der Waals surface area contributed by atoms with Crippen molar-refractivity contribution in [3.63, 3.8) is 0 Å². The third-order valence-electron chi connectivity index (χ3n) is 7.60. The first-order valence-electron chi connectivity index (χ1n) is 12.5. The summed E-state index contributed by atoms with van der Waals surface area (Å²) in [5, 5.41) is 5.25. The normalized spacial score (nSPS) is 14.3. The molecule has 2 aliphatic carbocycles. The van der Waals surface area contributed by atoms with Gasteiger partial charge in [0.2, 0.25) is 0 Å². The number of allylic oxidation sites excluding steroid dienone is 2. The molecule has 0 bridgehead atoms. The summed E-state index contributed by atoms with van der Waals surface area (Å²) in [5.41, 5.74) is 10.9. The highest BCUT2D eigenvalue weighted by Gasteiger charge is 2.19. The Labute approximate surface area is 214 Å². The van der Waals surface area contributed by atoms with Gasteiger partial charge in [-0.25, -0.2) is 0 Å². The first kappa shape index (κ1) is 20.9. The monoisotopic (exact) mass is 512 g/mol. The van der Waals surface area contributed by atoms with Gasteiger partial charge in [0, 0.05) is 4.47 Å². The summed E-state index contributed by atoms with van der Waals surface area (Å²) in [5.74, 6) is 0. The summed E-state index contributed by atoms with van der Waals surface area (Å²) < 4.78 is 1.11. The van der Waals surface area contributed by atoms with Crippen LogP contribution in [0.5, 0.6) is 0 Å². The second kappa shape index (κ2) is 8.36. The Morgan fingerprint density at radius 3 is 1.66 bits per heavy atom. The number of hydrogen-bond acceptors (Lipinski definition) is 0. The number of rotatable bonds is 2. The molecule has 0 spiro atoms. The van der Waals surface area contributed by atoms with Crippen LogP contribution in [0.1, 0.15) is 35.1 Å². The van der Waals surface area contributed by atoms with Gasteiger partial charge < -0.3 is 0 Å². The van der Waals surface area contributed by atoms with E-state index in [9.17, 15) is 0 Å². The van der Waals surface area contributed by atoms with E-state index in [0.29, 0.717) is 0 Å². The van der Waals surface area contributed by atoms with Crippen molar-refractivity contribution in [1.82, 2.24) is 0 Å². The van der Waals surface area contributed by atoms with Gasteiger partial charge in [0.15, 0.2) is 0 Å². The van der Waals surface area contributed by atoms with Crippen LogP contribution in [0, 0.1) is 0 Å². The summed E-state index contributed by atoms with van der Waals surface area (Å²) in [6, 6.07) is 29.8. The highest BCUT2D eigenvalue weighted by Crippen LogP contribution is 2.45. The highest BCUT2D eigenvalue weighted by molar-refractivity contribution is 9.10. The van der Waals surface area contributed by atoms with Gasteiger partial charge in [0.05, 0.1) is 0 Å². The molecular formula is C34H25Br. The van der Waals surface area contributed by atoms with Gasteiger partial charge in [0.25, 0.3) is 0 Å². The minimum atomic E-state index is 1.11. The third-order valence-corrected chi connectivity index (χ3v) is 8.10. The summed E-state index contributed by atoms with van der Waals surface area (Å²) in [7, 11) is 0. The van der Waals surface area contributed by atoms with Crippen LogP contribution >= 0.6 is 15.9 Å². The second-order valence-electron chi connectivity index (χ2n) is 9.69. The van der Waals surface area contributed by atoms with Gasteiger partial charge in [-0.15, -0.1) is 0 Å². The predicted octanol–water partition coefficient (Wildman–Crippen LogP) is 10.0. The number of hydrogen-bond donors (Lipinski definition) is 0. The quantitative estimate of drug-likeness (QED) is 0.206. The largest absolute Gasteiger partial charge is 0.0836 e. The SMILES string of the molecule is Brc1ccc2c(-c3ccc4c(c3)CCC=C4)c3ccccc3c(-c3ccc4c(c3)CCC=C4)c2c1. The van der Waals surface area contributed by atoms with Crippen LogP contribution in [0.4, 0.5) is 0 Å². The van der Waals surface area contributed by atoms with Crippen LogP contribution in [0.2, 0.25) is 0 Å². The van der Waals surface area contributed by atoms with E-state index in [4.69, 9.17) is 0 Å². The maximum Gasteiger partial charge on any atom is 0.0181 e. The van der Waals surface area contributed by atoms with Crippen LogP contribution in [-0.4, -0.2) is 0 Å². The molecule has 2 aliphatic rings. The highest BCUT2D eigenvalue weighted by atomic mass is 79.9. The topological polar surface area (TPSA) is 0 Å². The molecule has 0 fully saturated rings. The molecule has 0 saturated heterocycles. The van der Waals surface area contributed by atoms with Crippen molar-refractivity contribution >= 4 is 49.6 Å². The summed E-state index contributed by atoms with van der Waals surface area (Å²) >= 11 is 3.78. The minimum absolute atomic E-state index is 1.11. The van der Waals surface area contributed by atoms with Gasteiger partial charge in [0.1, 0.15) is 0 Å². The summed E-state index contributed by atoms with van der Waals surface area (Å²) in [4.78, 5) is 0. The molecule has 0 amide bonds. The molecule has 1 heteroatoms. The number of halogens is 1. The average molecular weight is 513 g/mol. The predicted molar refractivity (Wildman–Crippen MR) is 155 cm³/mol. The molecule has 0 aliphatic heterocycles. The van der Waals surface area contributed by atoms with E-state index >= 15 is 0 Å². The van der Waals surface area contributed by atoms with Crippen molar-refractivity contribution in [3.8, 4) is 22.3 Å². The van der Waals surface area contributed by atoms with Crippen LogP contribution in [0.3, 0.4) is 0 Å². The molecular weight excluding hydrogens is 488 g/mol. The fourth-order valence-corrected chi connectivity index (χ4v) is 6.31. The minimum Gasteiger partial charge on any atom is -0.0836 e. The molecule has 0 atom stereocenters. The Morgan fingerprint density at radius 1 is 0.514 bits per heavy atom. The molecule has 5 aromatic carbocycles. The zero-order chi connectivity index (χ0) is 23.4. The Morgan fingerprint density at radius 2 is 1.06 bits per heavy atom. The van der Waals surface area contributed by atoms with E-state index in [0.717, 1.165) is 30.2 Å². The molecule has 7 rings (SSSR count). The van der Waals surface area contributed by atoms with Crippen LogP contribution in [0.15, 0.2) is 95.5 Å². The maximum atomic E-state index is 3.78. The molecule has 0 aromatic heterocycles. The number of fused-ring (bicyclic) bond motifs is 4. The van der Waals surface area contributed by atoms with E-state index in [1.807, 2.05) is 0 Å². The van der Waals surface area contributed by atoms with Crippen molar-refractivity contribution in [2.24, 2.45) is 0 Å². The first-order chi connectivity index (χ1) is 17.3. The zero-order valence-corrected chi connectivity index (χ0v) is 21.1. The van der Waals surface area contributed by atoms with E-state index in [1.165, 1.54) is 66.1 Å². The van der Waals surface area contributed by atoms with Gasteiger partial charge in [-0.05, 0) is 104 Å². The van der Waals surface area contributed by atoms with E-state index in [1.54, 1.807) is 0 Å². The lowest BCUT2D eigenvalue weighted by Crippen LogP contribution is -1.97. The number of benzene rings is 5. The molecule has 0 unspecified atom stereocenters. The second-order valence-corrected chi connectivity index (χ2v) is 10.6. The zero-order valence-electron chi connectivity index (χ0n) is 19.5. The van der Waals surface area contributed by atoms with Crippen LogP contribution in [0.25, 0.3) is 56.0 Å². The molecule has 0 heterocycles. The molecule has 168 valence electrons. The van der Waals surface area contributed by atoms with Crippen molar-refractivity contribution in [3.05, 3.63) is 118 Å². The Balaban J connectivity index is 1.57. The molecule has 0 saturated carbocycles. The van der Waals surface area contributed by atoms with Crippen LogP contribution in [-0.2, 0) is 12.8 Å². The van der Waals surface area contributed by atoms with Crippen molar-refractivity contribution in [2.75, 3.05) is 0 Å². The van der Waals surface area contributed by atoms with Gasteiger partial charge in [-0.3, -0.25) is 0 Å². The third kappa shape index (κ3) is 3.49. The van der Waals surface area contributed by atoms with Crippen molar-refractivity contribution < 1.29 is 0 Å². The van der Waals surface area contributed by atoms with Crippen molar-refractivity contribution in [1.29, 1.82) is 0 Å². The van der Waals surface area contributed by atoms with E-state index in [2.05, 4.69) is 119 Å². The Kier molecular flexibility index (Phi) is 4.99. The van der Waals surface area contributed by atoms with Crippen LogP contribution < -0.4 is 0 Å². The maximum absolute atomic E-state index is 3.78. The lowest BCUT2D eigenvalue weighted by atomic mass is 9.83. The first-order valence-corrected chi connectivity index (χ1v) is 13.3. The lowest BCUT2D eigenvalue weighted by Gasteiger charge is -2.20. The fourth-order valence-electron chi connectivity index (χ4n) is 5.95. The average Bonchev–Trinajstić information content (AvgIpc) is 2.91. The summed E-state index contributed by atoms with van der Waals surface area (Å²) in [6.45, 7) is 0. The Hall–Kier alpha value is -3.42. The number of aryl methyl sites for hydroxylation is 2. The van der Waals surface area contributed by atoms with Crippen molar-refractivity contribution in [2.45, 2.75) is 25.7 Å². The molecule has 5 aromatic rings. The fraction of sp³-hybridized carbons (Fsp3) is 0.118. The molecule has 35 heavy (non-hydrogen) atoms. The Bertz CT molecular complexity index is 1700. The lowest BCUT2D eigenvalue weighted by molar-refractivity contribution is 0.986. The molecule has 0 nitrogen and oxygen atoms in total. The smallest absolute Gasteiger partial charge is 0.0181 e. The molecule has 0 N–H and O–H groups in total. The van der Waals surface area contributed by atoms with Gasteiger partial charge in [-0.2, -0.15) is 0 Å².